The van der Waals surface area contributed by atoms with Crippen LogP contribution in [0.1, 0.15) is 0 Å². The van der Waals surface area contributed by atoms with E-state index < -0.39 is 34.0 Å². The van der Waals surface area contributed by atoms with Gasteiger partial charge in [-0.05, 0) is 47.3 Å². The van der Waals surface area contributed by atoms with Crippen LogP contribution in [-0.2, 0) is 0 Å². The molecule has 0 spiro atoms. The van der Waals surface area contributed by atoms with Gasteiger partial charge in [0.05, 0.1) is 15.8 Å². The molecule has 0 aliphatic heterocycles. The van der Waals surface area contributed by atoms with Crippen molar-refractivity contribution in [1.82, 2.24) is 0 Å². The van der Waals surface area contributed by atoms with Gasteiger partial charge in [0.1, 0.15) is 23.3 Å². The van der Waals surface area contributed by atoms with Crippen molar-refractivity contribution in [2.75, 3.05) is 0 Å². The first kappa shape index (κ1) is 17.1. The van der Waals surface area contributed by atoms with E-state index in [4.69, 9.17) is 23.2 Å². The zero-order valence-corrected chi connectivity index (χ0v) is 14.4. The second-order valence-corrected chi connectivity index (χ2v) is 6.61. The lowest BCUT2D eigenvalue weighted by Gasteiger charge is -2.12. The predicted molar refractivity (Wildman–Crippen MR) is 96.7 cm³/mol. The van der Waals surface area contributed by atoms with Crippen LogP contribution in [0.25, 0.3) is 32.7 Å². The van der Waals surface area contributed by atoms with Gasteiger partial charge in [0.25, 0.3) is 0 Å². The van der Waals surface area contributed by atoms with Gasteiger partial charge in [-0.15, -0.1) is 0 Å². The maximum atomic E-state index is 14.9. The highest BCUT2D eigenvalue weighted by Crippen LogP contribution is 2.38. The molecular formula is C20H8Cl2F4. The van der Waals surface area contributed by atoms with E-state index in [0.29, 0.717) is 15.8 Å². The van der Waals surface area contributed by atoms with Crippen LogP contribution >= 0.6 is 23.2 Å². The van der Waals surface area contributed by atoms with E-state index in [0.717, 1.165) is 18.2 Å². The lowest BCUT2D eigenvalue weighted by atomic mass is 9.97. The zero-order chi connectivity index (χ0) is 18.6. The molecule has 0 radical (unpaired) electrons. The Kier molecular flexibility index (Phi) is 4.05. The van der Waals surface area contributed by atoms with E-state index in [2.05, 4.69) is 0 Å². The molecule has 130 valence electrons. The van der Waals surface area contributed by atoms with Gasteiger partial charge in [0, 0.05) is 16.0 Å². The van der Waals surface area contributed by atoms with Gasteiger partial charge in [-0.3, -0.25) is 0 Å². The van der Waals surface area contributed by atoms with Gasteiger partial charge >= 0.3 is 0 Å². The summed E-state index contributed by atoms with van der Waals surface area (Å²) in [6.45, 7) is 0. The summed E-state index contributed by atoms with van der Waals surface area (Å²) in [5, 5.41) is 0.377. The van der Waals surface area contributed by atoms with Gasteiger partial charge in [0.2, 0.25) is 0 Å². The molecule has 4 aromatic carbocycles. The largest absolute Gasteiger partial charge is 0.206 e. The van der Waals surface area contributed by atoms with Crippen molar-refractivity contribution in [3.63, 3.8) is 0 Å². The summed E-state index contributed by atoms with van der Waals surface area (Å²) < 4.78 is 57.3. The van der Waals surface area contributed by atoms with E-state index in [1.807, 2.05) is 0 Å². The van der Waals surface area contributed by atoms with Crippen molar-refractivity contribution in [3.05, 3.63) is 81.8 Å². The van der Waals surface area contributed by atoms with Crippen LogP contribution in [0, 0.1) is 23.3 Å². The number of halogens is 6. The average Bonchev–Trinajstić information content (AvgIpc) is 2.59. The van der Waals surface area contributed by atoms with E-state index in [-0.39, 0.29) is 16.1 Å². The van der Waals surface area contributed by atoms with E-state index in [1.165, 1.54) is 6.07 Å². The van der Waals surface area contributed by atoms with Crippen molar-refractivity contribution in [2.45, 2.75) is 0 Å². The standard InChI is InChI=1S/C20H8Cl2F4/c21-12-3-1-2-9-6-10(7-13(22)17(9)12)11-8-16(25)18-14(23)4-5-15(24)19(18)20(11)26/h1-8H. The summed E-state index contributed by atoms with van der Waals surface area (Å²) in [5.74, 6) is -4.20. The third kappa shape index (κ3) is 2.52. The molecular weight excluding hydrogens is 387 g/mol. The molecule has 0 saturated carbocycles. The molecule has 0 saturated heterocycles. The van der Waals surface area contributed by atoms with Crippen molar-refractivity contribution < 1.29 is 17.6 Å². The molecule has 0 N–H and O–H groups in total. The molecule has 0 aliphatic carbocycles. The highest BCUT2D eigenvalue weighted by molar-refractivity contribution is 6.42. The highest BCUT2D eigenvalue weighted by atomic mass is 35.5. The Hall–Kier alpha value is -2.30. The van der Waals surface area contributed by atoms with Crippen molar-refractivity contribution in [2.24, 2.45) is 0 Å². The quantitative estimate of drug-likeness (QED) is 0.292. The van der Waals surface area contributed by atoms with Crippen LogP contribution in [-0.4, -0.2) is 0 Å². The van der Waals surface area contributed by atoms with E-state index in [1.54, 1.807) is 24.3 Å². The molecule has 0 aromatic heterocycles. The summed E-state index contributed by atoms with van der Waals surface area (Å²) in [7, 11) is 0. The Labute approximate surface area is 155 Å². The van der Waals surface area contributed by atoms with Crippen molar-refractivity contribution >= 4 is 44.7 Å². The molecule has 0 heterocycles. The average molecular weight is 395 g/mol. The Bertz CT molecular complexity index is 1200. The smallest absolute Gasteiger partial charge is 0.142 e. The predicted octanol–water partition coefficient (Wildman–Crippen LogP) is 7.52. The molecule has 26 heavy (non-hydrogen) atoms. The normalized spacial score (nSPS) is 11.5. The fraction of sp³-hybridized carbons (Fsp3) is 0. The number of fused-ring (bicyclic) bond motifs is 2. The third-order valence-corrected chi connectivity index (χ3v) is 4.87. The molecule has 0 fully saturated rings. The number of hydrogen-bond donors (Lipinski definition) is 0. The monoisotopic (exact) mass is 394 g/mol. The summed E-state index contributed by atoms with van der Waals surface area (Å²) in [6, 6.07) is 10.4. The molecule has 4 rings (SSSR count). The van der Waals surface area contributed by atoms with Crippen LogP contribution in [0.15, 0.2) is 48.5 Å². The maximum Gasteiger partial charge on any atom is 0.142 e. The SMILES string of the molecule is Fc1ccc(F)c2c(F)c(-c3cc(Cl)c4c(Cl)cccc4c3)cc(F)c12. The van der Waals surface area contributed by atoms with Gasteiger partial charge in [-0.1, -0.05) is 35.3 Å². The third-order valence-electron chi connectivity index (χ3n) is 4.26. The first-order valence-electron chi connectivity index (χ1n) is 7.52. The summed E-state index contributed by atoms with van der Waals surface area (Å²) in [5.41, 5.74) is 0.00926. The van der Waals surface area contributed by atoms with Crippen LogP contribution < -0.4 is 0 Å². The Balaban J connectivity index is 2.09. The van der Waals surface area contributed by atoms with Crippen LogP contribution in [0.5, 0.6) is 0 Å². The van der Waals surface area contributed by atoms with Crippen LogP contribution in [0.4, 0.5) is 17.6 Å². The summed E-state index contributed by atoms with van der Waals surface area (Å²) in [4.78, 5) is 0. The topological polar surface area (TPSA) is 0 Å². The van der Waals surface area contributed by atoms with Gasteiger partial charge < -0.3 is 0 Å². The first-order chi connectivity index (χ1) is 12.4. The fourth-order valence-electron chi connectivity index (χ4n) is 3.09. The lowest BCUT2D eigenvalue weighted by molar-refractivity contribution is 0.580. The van der Waals surface area contributed by atoms with Crippen molar-refractivity contribution in [1.29, 1.82) is 0 Å². The van der Waals surface area contributed by atoms with Crippen LogP contribution in [0.2, 0.25) is 10.0 Å². The molecule has 0 nitrogen and oxygen atoms in total. The first-order valence-corrected chi connectivity index (χ1v) is 8.28. The minimum absolute atomic E-state index is 0.219. The maximum absolute atomic E-state index is 14.9. The second kappa shape index (κ2) is 6.15. The number of hydrogen-bond acceptors (Lipinski definition) is 0. The summed E-state index contributed by atoms with van der Waals surface area (Å²) in [6.07, 6.45) is 0. The van der Waals surface area contributed by atoms with Gasteiger partial charge in [-0.25, -0.2) is 17.6 Å². The summed E-state index contributed by atoms with van der Waals surface area (Å²) >= 11 is 12.4. The molecule has 0 bridgehead atoms. The fourth-order valence-corrected chi connectivity index (χ4v) is 3.75. The lowest BCUT2D eigenvalue weighted by Crippen LogP contribution is -1.96. The van der Waals surface area contributed by atoms with E-state index >= 15 is 0 Å². The molecule has 0 unspecified atom stereocenters. The number of rotatable bonds is 1. The second-order valence-electron chi connectivity index (χ2n) is 5.80. The minimum Gasteiger partial charge on any atom is -0.206 e. The molecule has 0 aliphatic rings. The van der Waals surface area contributed by atoms with Gasteiger partial charge in [-0.2, -0.15) is 0 Å². The van der Waals surface area contributed by atoms with E-state index in [9.17, 15) is 17.6 Å². The molecule has 6 heteroatoms. The Morgan fingerprint density at radius 3 is 2.04 bits per heavy atom. The highest BCUT2D eigenvalue weighted by Gasteiger charge is 2.20. The van der Waals surface area contributed by atoms with Gasteiger partial charge in [0.15, 0.2) is 0 Å². The minimum atomic E-state index is -1.06. The molecule has 0 atom stereocenters. The molecule has 4 aromatic rings. The number of benzene rings is 4. The van der Waals surface area contributed by atoms with Crippen molar-refractivity contribution in [3.8, 4) is 11.1 Å². The zero-order valence-electron chi connectivity index (χ0n) is 12.9. The Morgan fingerprint density at radius 1 is 0.615 bits per heavy atom. The van der Waals surface area contributed by atoms with Crippen LogP contribution in [0.3, 0.4) is 0 Å². The molecule has 0 amide bonds. The Morgan fingerprint density at radius 2 is 1.31 bits per heavy atom.